The highest BCUT2D eigenvalue weighted by atomic mass is 35.5. The molecule has 0 saturated carbocycles. The number of carboxylic acids is 1. The molecule has 1 aliphatic heterocycles. The standard InChI is InChI=1S/C15H19ClN2O4/c16-12-1-3-13(4-2-12)22-9-14(19)17-10-18-7-5-11(6-8-18)15(20)21/h1-4,11H,5-10H2,(H,17,19)(H,20,21). The van der Waals surface area contributed by atoms with Crippen molar-refractivity contribution < 1.29 is 19.4 Å². The Kier molecular flexibility index (Phi) is 6.03. The molecule has 1 heterocycles. The van der Waals surface area contributed by atoms with Crippen LogP contribution in [0.15, 0.2) is 24.3 Å². The Morgan fingerprint density at radius 2 is 1.91 bits per heavy atom. The zero-order valence-corrected chi connectivity index (χ0v) is 12.9. The largest absolute Gasteiger partial charge is 0.484 e. The lowest BCUT2D eigenvalue weighted by Gasteiger charge is -2.29. The first kappa shape index (κ1) is 16.6. The van der Waals surface area contributed by atoms with Gasteiger partial charge in [-0.2, -0.15) is 0 Å². The number of likely N-dealkylation sites (tertiary alicyclic amines) is 1. The van der Waals surface area contributed by atoms with E-state index in [1.54, 1.807) is 24.3 Å². The molecule has 7 heteroatoms. The Balaban J connectivity index is 1.64. The first-order valence-corrected chi connectivity index (χ1v) is 7.52. The molecule has 1 fully saturated rings. The van der Waals surface area contributed by atoms with Gasteiger partial charge in [-0.05, 0) is 37.1 Å². The summed E-state index contributed by atoms with van der Waals surface area (Å²) >= 11 is 5.76. The fraction of sp³-hybridized carbons (Fsp3) is 0.467. The van der Waals surface area contributed by atoms with Gasteiger partial charge in [-0.15, -0.1) is 0 Å². The van der Waals surface area contributed by atoms with E-state index in [1.165, 1.54) is 0 Å². The molecule has 1 aromatic carbocycles. The fourth-order valence-electron chi connectivity index (χ4n) is 2.27. The van der Waals surface area contributed by atoms with Gasteiger partial charge in [0.25, 0.3) is 5.91 Å². The van der Waals surface area contributed by atoms with Crippen LogP contribution in [0.25, 0.3) is 0 Å². The van der Waals surface area contributed by atoms with Gasteiger partial charge in [0.15, 0.2) is 6.61 Å². The number of ether oxygens (including phenoxy) is 1. The third-order valence-corrected chi connectivity index (χ3v) is 3.87. The van der Waals surface area contributed by atoms with Crippen molar-refractivity contribution in [3.8, 4) is 5.75 Å². The molecule has 1 saturated heterocycles. The maximum Gasteiger partial charge on any atom is 0.306 e. The van der Waals surface area contributed by atoms with Gasteiger partial charge in [-0.25, -0.2) is 0 Å². The van der Waals surface area contributed by atoms with E-state index < -0.39 is 5.97 Å². The van der Waals surface area contributed by atoms with Gasteiger partial charge in [-0.1, -0.05) is 11.6 Å². The van der Waals surface area contributed by atoms with Crippen molar-refractivity contribution in [1.29, 1.82) is 0 Å². The summed E-state index contributed by atoms with van der Waals surface area (Å²) in [6.07, 6.45) is 1.24. The molecule has 0 spiro atoms. The highest BCUT2D eigenvalue weighted by molar-refractivity contribution is 6.30. The van der Waals surface area contributed by atoms with Crippen LogP contribution in [0.2, 0.25) is 5.02 Å². The van der Waals surface area contributed by atoms with Gasteiger partial charge in [-0.3, -0.25) is 14.5 Å². The van der Waals surface area contributed by atoms with Crippen molar-refractivity contribution in [3.63, 3.8) is 0 Å². The Labute approximate surface area is 134 Å². The van der Waals surface area contributed by atoms with Gasteiger partial charge >= 0.3 is 5.97 Å². The van der Waals surface area contributed by atoms with Crippen molar-refractivity contribution in [2.75, 3.05) is 26.4 Å². The van der Waals surface area contributed by atoms with E-state index in [-0.39, 0.29) is 18.4 Å². The summed E-state index contributed by atoms with van der Waals surface area (Å²) in [5, 5.41) is 12.3. The average molecular weight is 327 g/mol. The molecule has 1 aromatic rings. The first-order valence-electron chi connectivity index (χ1n) is 7.15. The zero-order valence-electron chi connectivity index (χ0n) is 12.1. The van der Waals surface area contributed by atoms with Crippen LogP contribution < -0.4 is 10.1 Å². The molecule has 2 N–H and O–H groups in total. The monoisotopic (exact) mass is 326 g/mol. The minimum Gasteiger partial charge on any atom is -0.484 e. The van der Waals surface area contributed by atoms with Crippen LogP contribution in [-0.4, -0.2) is 48.2 Å². The third-order valence-electron chi connectivity index (χ3n) is 3.62. The number of hydrogen-bond donors (Lipinski definition) is 2. The van der Waals surface area contributed by atoms with Crippen LogP contribution in [0, 0.1) is 5.92 Å². The number of halogens is 1. The van der Waals surface area contributed by atoms with Crippen LogP contribution in [0.1, 0.15) is 12.8 Å². The van der Waals surface area contributed by atoms with Crippen LogP contribution in [0.5, 0.6) is 5.75 Å². The van der Waals surface area contributed by atoms with Crippen LogP contribution >= 0.6 is 11.6 Å². The lowest BCUT2D eigenvalue weighted by molar-refractivity contribution is -0.143. The summed E-state index contributed by atoms with van der Waals surface area (Å²) < 4.78 is 5.34. The molecule has 120 valence electrons. The predicted molar refractivity (Wildman–Crippen MR) is 81.9 cm³/mol. The molecule has 1 amide bonds. The highest BCUT2D eigenvalue weighted by Crippen LogP contribution is 2.17. The molecule has 22 heavy (non-hydrogen) atoms. The summed E-state index contributed by atoms with van der Waals surface area (Å²) in [5.74, 6) is -0.627. The second-order valence-electron chi connectivity index (χ2n) is 5.23. The van der Waals surface area contributed by atoms with Crippen molar-refractivity contribution in [1.82, 2.24) is 10.2 Å². The number of nitrogens with zero attached hydrogens (tertiary/aromatic N) is 1. The summed E-state index contributed by atoms with van der Waals surface area (Å²) in [4.78, 5) is 24.6. The molecular weight excluding hydrogens is 308 g/mol. The van der Waals surface area contributed by atoms with E-state index >= 15 is 0 Å². The number of carboxylic acid groups (broad SMARTS) is 1. The lowest BCUT2D eigenvalue weighted by atomic mass is 9.97. The molecule has 6 nitrogen and oxygen atoms in total. The van der Waals surface area contributed by atoms with Gasteiger partial charge in [0.05, 0.1) is 12.6 Å². The summed E-state index contributed by atoms with van der Waals surface area (Å²) in [6.45, 7) is 1.70. The van der Waals surface area contributed by atoms with E-state index in [0.717, 1.165) is 0 Å². The molecule has 0 unspecified atom stereocenters. The van der Waals surface area contributed by atoms with E-state index in [2.05, 4.69) is 5.32 Å². The van der Waals surface area contributed by atoms with E-state index in [9.17, 15) is 9.59 Å². The number of nitrogens with one attached hydrogen (secondary N) is 1. The molecular formula is C15H19ClN2O4. The second kappa shape index (κ2) is 8.00. The van der Waals surface area contributed by atoms with Crippen molar-refractivity contribution in [2.45, 2.75) is 12.8 Å². The van der Waals surface area contributed by atoms with Crippen molar-refractivity contribution in [3.05, 3.63) is 29.3 Å². The maximum absolute atomic E-state index is 11.7. The Bertz CT molecular complexity index is 513. The molecule has 0 atom stereocenters. The Hall–Kier alpha value is -1.79. The number of piperidine rings is 1. The predicted octanol–water partition coefficient (Wildman–Crippen LogP) is 1.59. The van der Waals surface area contributed by atoms with Crippen LogP contribution in [-0.2, 0) is 9.59 Å². The average Bonchev–Trinajstić information content (AvgIpc) is 2.52. The van der Waals surface area contributed by atoms with Gasteiger partial charge < -0.3 is 15.2 Å². The smallest absolute Gasteiger partial charge is 0.306 e. The van der Waals surface area contributed by atoms with Gasteiger partial charge in [0, 0.05) is 18.1 Å². The number of carbonyl (C=O) groups excluding carboxylic acids is 1. The van der Waals surface area contributed by atoms with E-state index in [1.807, 2.05) is 4.90 Å². The highest BCUT2D eigenvalue weighted by Gasteiger charge is 2.24. The first-order chi connectivity index (χ1) is 10.5. The topological polar surface area (TPSA) is 78.9 Å². The van der Waals surface area contributed by atoms with Crippen molar-refractivity contribution in [2.24, 2.45) is 5.92 Å². The molecule has 0 aromatic heterocycles. The quantitative estimate of drug-likeness (QED) is 0.830. The van der Waals surface area contributed by atoms with Gasteiger partial charge in [0.2, 0.25) is 0 Å². The minimum atomic E-state index is -0.736. The second-order valence-corrected chi connectivity index (χ2v) is 5.67. The summed E-state index contributed by atoms with van der Waals surface area (Å²) in [6, 6.07) is 6.79. The number of benzene rings is 1. The number of hydrogen-bond acceptors (Lipinski definition) is 4. The minimum absolute atomic E-state index is 0.0623. The molecule has 0 radical (unpaired) electrons. The maximum atomic E-state index is 11.7. The van der Waals surface area contributed by atoms with Crippen molar-refractivity contribution >= 4 is 23.5 Å². The number of carbonyl (C=O) groups is 2. The number of aliphatic carboxylic acids is 1. The molecule has 0 aliphatic carbocycles. The lowest BCUT2D eigenvalue weighted by Crippen LogP contribution is -2.44. The Morgan fingerprint density at radius 1 is 1.27 bits per heavy atom. The van der Waals surface area contributed by atoms with E-state index in [0.29, 0.717) is 43.4 Å². The molecule has 0 bridgehead atoms. The zero-order chi connectivity index (χ0) is 15.9. The summed E-state index contributed by atoms with van der Waals surface area (Å²) in [5.41, 5.74) is 0. The van der Waals surface area contributed by atoms with Crippen LogP contribution in [0.4, 0.5) is 0 Å². The summed E-state index contributed by atoms with van der Waals surface area (Å²) in [7, 11) is 0. The third kappa shape index (κ3) is 5.20. The van der Waals surface area contributed by atoms with Crippen LogP contribution in [0.3, 0.4) is 0 Å². The fourth-order valence-corrected chi connectivity index (χ4v) is 2.39. The van der Waals surface area contributed by atoms with E-state index in [4.69, 9.17) is 21.4 Å². The molecule has 2 rings (SSSR count). The number of rotatable bonds is 6. The SMILES string of the molecule is O=C(COc1ccc(Cl)cc1)NCN1CCC(C(=O)O)CC1. The van der Waals surface area contributed by atoms with Gasteiger partial charge in [0.1, 0.15) is 5.75 Å². The normalized spacial score (nSPS) is 16.2. The Morgan fingerprint density at radius 3 is 2.50 bits per heavy atom. The molecule has 1 aliphatic rings. The number of amides is 1.